The fraction of sp³-hybridized carbons (Fsp3) is 1.00. The second-order valence-corrected chi connectivity index (χ2v) is 7.21. The van der Waals surface area contributed by atoms with Crippen LogP contribution in [0.25, 0.3) is 0 Å². The Morgan fingerprint density at radius 2 is 1.79 bits per heavy atom. The van der Waals surface area contributed by atoms with Gasteiger partial charge in [0.1, 0.15) is 0 Å². The number of hydrogen-bond acceptors (Lipinski definition) is 3. The Bertz CT molecular complexity index is 269. The van der Waals surface area contributed by atoms with Crippen molar-refractivity contribution < 1.29 is 8.42 Å². The van der Waals surface area contributed by atoms with Gasteiger partial charge in [0.2, 0.25) is 9.05 Å². The van der Waals surface area contributed by atoms with E-state index < -0.39 is 9.05 Å². The van der Waals surface area contributed by atoms with Gasteiger partial charge in [-0.3, -0.25) is 0 Å². The standard InChI is InChI=1S/C9H18ClNO2S/c1-8-6-11(7-9(8)2)4-3-5-14(10,12)13/h8-9H,3-7H2,1-2H3. The smallest absolute Gasteiger partial charge is 0.232 e. The number of hydrogen-bond donors (Lipinski definition) is 0. The highest BCUT2D eigenvalue weighted by molar-refractivity contribution is 8.13. The summed E-state index contributed by atoms with van der Waals surface area (Å²) in [6.07, 6.45) is 0.644. The van der Waals surface area contributed by atoms with Crippen molar-refractivity contribution in [2.75, 3.05) is 25.4 Å². The highest BCUT2D eigenvalue weighted by atomic mass is 35.7. The number of halogens is 1. The van der Waals surface area contributed by atoms with Gasteiger partial charge in [-0.2, -0.15) is 0 Å². The molecule has 0 bridgehead atoms. The third-order valence-electron chi connectivity index (χ3n) is 2.93. The average Bonchev–Trinajstić information content (AvgIpc) is 2.28. The maximum atomic E-state index is 10.7. The third kappa shape index (κ3) is 4.15. The minimum absolute atomic E-state index is 0.0911. The van der Waals surface area contributed by atoms with Crippen LogP contribution in [0.1, 0.15) is 20.3 Å². The Labute approximate surface area is 90.8 Å². The van der Waals surface area contributed by atoms with E-state index in [2.05, 4.69) is 18.7 Å². The fourth-order valence-electron chi connectivity index (χ4n) is 1.89. The number of nitrogens with zero attached hydrogens (tertiary/aromatic N) is 1. The largest absolute Gasteiger partial charge is 0.303 e. The molecular formula is C9H18ClNO2S. The van der Waals surface area contributed by atoms with Crippen LogP contribution in [-0.2, 0) is 9.05 Å². The van der Waals surface area contributed by atoms with Crippen molar-refractivity contribution >= 4 is 19.7 Å². The first kappa shape index (κ1) is 12.3. The Kier molecular flexibility index (Phi) is 4.22. The fourth-order valence-corrected chi connectivity index (χ4v) is 2.69. The summed E-state index contributed by atoms with van der Waals surface area (Å²) in [6, 6.07) is 0. The second-order valence-electron chi connectivity index (χ2n) is 4.31. The van der Waals surface area contributed by atoms with E-state index in [1.807, 2.05) is 0 Å². The molecule has 5 heteroatoms. The highest BCUT2D eigenvalue weighted by Crippen LogP contribution is 2.21. The molecule has 14 heavy (non-hydrogen) atoms. The molecule has 0 aromatic rings. The summed E-state index contributed by atoms with van der Waals surface area (Å²) < 4.78 is 21.4. The molecule has 0 aromatic heterocycles. The lowest BCUT2D eigenvalue weighted by Crippen LogP contribution is -2.23. The van der Waals surface area contributed by atoms with Gasteiger partial charge in [0.05, 0.1) is 5.75 Å². The molecule has 0 aliphatic carbocycles. The SMILES string of the molecule is CC1CN(CCCS(=O)(=O)Cl)CC1C. The molecule has 1 heterocycles. The molecule has 3 nitrogen and oxygen atoms in total. The van der Waals surface area contributed by atoms with Gasteiger partial charge in [-0.15, -0.1) is 0 Å². The predicted molar refractivity (Wildman–Crippen MR) is 59.0 cm³/mol. The van der Waals surface area contributed by atoms with Crippen LogP contribution >= 0.6 is 10.7 Å². The molecule has 0 radical (unpaired) electrons. The van der Waals surface area contributed by atoms with Crippen LogP contribution in [0.5, 0.6) is 0 Å². The van der Waals surface area contributed by atoms with E-state index in [0.717, 1.165) is 31.5 Å². The van der Waals surface area contributed by atoms with Crippen molar-refractivity contribution in [1.29, 1.82) is 0 Å². The maximum absolute atomic E-state index is 10.7. The molecule has 1 rings (SSSR count). The summed E-state index contributed by atoms with van der Waals surface area (Å²) in [4.78, 5) is 2.32. The van der Waals surface area contributed by atoms with Crippen molar-refractivity contribution in [3.63, 3.8) is 0 Å². The van der Waals surface area contributed by atoms with E-state index in [1.165, 1.54) is 0 Å². The normalized spacial score (nSPS) is 29.6. The lowest BCUT2D eigenvalue weighted by atomic mass is 10.0. The molecule has 1 saturated heterocycles. The van der Waals surface area contributed by atoms with Gasteiger partial charge >= 0.3 is 0 Å². The van der Waals surface area contributed by atoms with Gasteiger partial charge in [-0.1, -0.05) is 13.8 Å². The van der Waals surface area contributed by atoms with E-state index in [4.69, 9.17) is 10.7 Å². The van der Waals surface area contributed by atoms with Gasteiger partial charge < -0.3 is 4.90 Å². The van der Waals surface area contributed by atoms with Crippen LogP contribution in [0.4, 0.5) is 0 Å². The van der Waals surface area contributed by atoms with Crippen LogP contribution in [0.15, 0.2) is 0 Å². The van der Waals surface area contributed by atoms with Gasteiger partial charge in [0, 0.05) is 23.8 Å². The van der Waals surface area contributed by atoms with Crippen molar-refractivity contribution in [2.24, 2.45) is 11.8 Å². The highest BCUT2D eigenvalue weighted by Gasteiger charge is 2.25. The molecule has 0 N–H and O–H groups in total. The summed E-state index contributed by atoms with van der Waals surface area (Å²) >= 11 is 0. The molecular weight excluding hydrogens is 222 g/mol. The molecule has 2 unspecified atom stereocenters. The van der Waals surface area contributed by atoms with Crippen LogP contribution in [-0.4, -0.2) is 38.7 Å². The Balaban J connectivity index is 2.21. The van der Waals surface area contributed by atoms with E-state index in [0.29, 0.717) is 6.42 Å². The first-order valence-electron chi connectivity index (χ1n) is 5.03. The monoisotopic (exact) mass is 239 g/mol. The Hall–Kier alpha value is 0.200. The van der Waals surface area contributed by atoms with Crippen LogP contribution in [0, 0.1) is 11.8 Å². The quantitative estimate of drug-likeness (QED) is 0.699. The molecule has 0 aromatic carbocycles. The van der Waals surface area contributed by atoms with Gasteiger partial charge in [0.25, 0.3) is 0 Å². The van der Waals surface area contributed by atoms with Gasteiger partial charge in [-0.25, -0.2) is 8.42 Å². The summed E-state index contributed by atoms with van der Waals surface area (Å²) in [6.45, 7) is 7.50. The maximum Gasteiger partial charge on any atom is 0.232 e. The van der Waals surface area contributed by atoms with E-state index >= 15 is 0 Å². The van der Waals surface area contributed by atoms with Gasteiger partial charge in [0.15, 0.2) is 0 Å². The van der Waals surface area contributed by atoms with E-state index in [1.54, 1.807) is 0 Å². The summed E-state index contributed by atoms with van der Waals surface area (Å²) in [7, 11) is 1.83. The first-order chi connectivity index (χ1) is 6.38. The number of rotatable bonds is 4. The average molecular weight is 240 g/mol. The summed E-state index contributed by atoms with van der Waals surface area (Å²) in [5, 5.41) is 0. The Morgan fingerprint density at radius 3 is 2.21 bits per heavy atom. The predicted octanol–water partition coefficient (Wildman–Crippen LogP) is 1.53. The van der Waals surface area contributed by atoms with E-state index in [-0.39, 0.29) is 5.75 Å². The van der Waals surface area contributed by atoms with Crippen molar-refractivity contribution in [3.8, 4) is 0 Å². The second kappa shape index (κ2) is 4.81. The van der Waals surface area contributed by atoms with Crippen molar-refractivity contribution in [1.82, 2.24) is 4.90 Å². The molecule has 0 saturated carbocycles. The van der Waals surface area contributed by atoms with Crippen LogP contribution < -0.4 is 0 Å². The lowest BCUT2D eigenvalue weighted by molar-refractivity contribution is 0.325. The van der Waals surface area contributed by atoms with Crippen molar-refractivity contribution in [3.05, 3.63) is 0 Å². The zero-order chi connectivity index (χ0) is 10.8. The van der Waals surface area contributed by atoms with Gasteiger partial charge in [-0.05, 0) is 24.8 Å². The van der Waals surface area contributed by atoms with Crippen molar-refractivity contribution in [2.45, 2.75) is 20.3 Å². The first-order valence-corrected chi connectivity index (χ1v) is 7.51. The molecule has 0 spiro atoms. The summed E-state index contributed by atoms with van der Waals surface area (Å²) in [5.74, 6) is 1.54. The minimum atomic E-state index is -3.30. The molecule has 1 aliphatic rings. The Morgan fingerprint density at radius 1 is 1.29 bits per heavy atom. The minimum Gasteiger partial charge on any atom is -0.303 e. The van der Waals surface area contributed by atoms with Crippen LogP contribution in [0.2, 0.25) is 0 Å². The zero-order valence-corrected chi connectivity index (χ0v) is 10.3. The molecule has 2 atom stereocenters. The number of likely N-dealkylation sites (tertiary alicyclic amines) is 1. The zero-order valence-electron chi connectivity index (χ0n) is 8.74. The van der Waals surface area contributed by atoms with Crippen LogP contribution in [0.3, 0.4) is 0 Å². The molecule has 1 aliphatic heterocycles. The summed E-state index contributed by atoms with van der Waals surface area (Å²) in [5.41, 5.74) is 0. The lowest BCUT2D eigenvalue weighted by Gasteiger charge is -2.14. The van der Waals surface area contributed by atoms with E-state index in [9.17, 15) is 8.42 Å². The molecule has 0 amide bonds. The molecule has 84 valence electrons. The molecule has 1 fully saturated rings. The third-order valence-corrected chi connectivity index (χ3v) is 4.17. The topological polar surface area (TPSA) is 37.4 Å².